The lowest BCUT2D eigenvalue weighted by molar-refractivity contribution is 0.0640. The Labute approximate surface area is 95.4 Å². The van der Waals surface area contributed by atoms with E-state index in [-0.39, 0.29) is 0 Å². The largest absolute Gasteiger partial charge is 0.462 e. The van der Waals surface area contributed by atoms with Gasteiger partial charge in [0.15, 0.2) is 0 Å². The van der Waals surface area contributed by atoms with Crippen LogP contribution in [0.2, 0.25) is 0 Å². The first kappa shape index (κ1) is 13.2. The van der Waals surface area contributed by atoms with E-state index in [4.69, 9.17) is 13.9 Å². The predicted molar refractivity (Wildman–Crippen MR) is 59.0 cm³/mol. The van der Waals surface area contributed by atoms with Gasteiger partial charge in [-0.2, -0.15) is 0 Å². The van der Waals surface area contributed by atoms with Crippen LogP contribution in [0.25, 0.3) is 0 Å². The molecule has 0 saturated carbocycles. The van der Waals surface area contributed by atoms with Crippen LogP contribution in [0.1, 0.15) is 11.5 Å². The highest BCUT2D eigenvalue weighted by Crippen LogP contribution is 2.08. The summed E-state index contributed by atoms with van der Waals surface area (Å²) in [6.07, 6.45) is -0.488. The average Bonchev–Trinajstić information content (AvgIpc) is 2.67. The maximum absolute atomic E-state index is 9.38. The number of methoxy groups -OCH3 is 2. The third kappa shape index (κ3) is 4.76. The maximum Gasteiger partial charge on any atom is 0.129 e. The van der Waals surface area contributed by atoms with Gasteiger partial charge in [-0.05, 0) is 12.1 Å². The van der Waals surface area contributed by atoms with Crippen LogP contribution in [0, 0.1) is 0 Å². The van der Waals surface area contributed by atoms with Crippen molar-refractivity contribution < 1.29 is 19.0 Å². The molecule has 1 unspecified atom stereocenters. The Balaban J connectivity index is 2.21. The molecule has 2 N–H and O–H groups in total. The number of aliphatic hydroxyl groups is 1. The molecule has 0 radical (unpaired) electrons. The van der Waals surface area contributed by atoms with E-state index in [1.54, 1.807) is 14.2 Å². The summed E-state index contributed by atoms with van der Waals surface area (Å²) in [4.78, 5) is 0. The van der Waals surface area contributed by atoms with Crippen LogP contribution in [0.3, 0.4) is 0 Å². The minimum atomic E-state index is -0.488. The molecule has 92 valence electrons. The van der Waals surface area contributed by atoms with Gasteiger partial charge in [0, 0.05) is 20.8 Å². The summed E-state index contributed by atoms with van der Waals surface area (Å²) in [5, 5.41) is 12.5. The standard InChI is InChI=1S/C11H19NO4/c1-14-7-9(13)5-12-6-10-3-4-11(16-10)8-15-2/h3-4,9,12-13H,5-8H2,1-2H3. The quantitative estimate of drug-likeness (QED) is 0.680. The number of furan rings is 1. The fourth-order valence-electron chi connectivity index (χ4n) is 1.35. The second-order valence-corrected chi connectivity index (χ2v) is 3.54. The van der Waals surface area contributed by atoms with Crippen molar-refractivity contribution in [1.82, 2.24) is 5.32 Å². The van der Waals surface area contributed by atoms with Crippen LogP contribution in [0.15, 0.2) is 16.5 Å². The fraction of sp³-hybridized carbons (Fsp3) is 0.636. The Hall–Kier alpha value is -0.880. The first-order chi connectivity index (χ1) is 7.76. The molecule has 0 amide bonds. The summed E-state index contributed by atoms with van der Waals surface area (Å²) >= 11 is 0. The zero-order valence-corrected chi connectivity index (χ0v) is 9.73. The van der Waals surface area contributed by atoms with Crippen molar-refractivity contribution in [1.29, 1.82) is 0 Å². The van der Waals surface area contributed by atoms with Crippen molar-refractivity contribution in [3.05, 3.63) is 23.7 Å². The summed E-state index contributed by atoms with van der Waals surface area (Å²) < 4.78 is 15.2. The summed E-state index contributed by atoms with van der Waals surface area (Å²) in [6, 6.07) is 3.77. The molecule has 16 heavy (non-hydrogen) atoms. The monoisotopic (exact) mass is 229 g/mol. The van der Waals surface area contributed by atoms with Gasteiger partial charge in [0.25, 0.3) is 0 Å². The molecule has 0 aliphatic carbocycles. The molecule has 0 bridgehead atoms. The van der Waals surface area contributed by atoms with Crippen LogP contribution in [0.5, 0.6) is 0 Å². The van der Waals surface area contributed by atoms with Crippen molar-refractivity contribution >= 4 is 0 Å². The number of hydrogen-bond donors (Lipinski definition) is 2. The van der Waals surface area contributed by atoms with E-state index >= 15 is 0 Å². The summed E-state index contributed by atoms with van der Waals surface area (Å²) in [5.41, 5.74) is 0. The molecule has 1 rings (SSSR count). The number of aliphatic hydroxyl groups excluding tert-OH is 1. The SMILES string of the molecule is COCc1ccc(CNCC(O)COC)o1. The van der Waals surface area contributed by atoms with E-state index in [2.05, 4.69) is 5.32 Å². The molecule has 1 aromatic heterocycles. The zero-order chi connectivity index (χ0) is 11.8. The Morgan fingerprint density at radius 3 is 2.75 bits per heavy atom. The number of rotatable bonds is 8. The molecule has 0 spiro atoms. The second kappa shape index (κ2) is 7.40. The van der Waals surface area contributed by atoms with Crippen molar-refractivity contribution in [2.45, 2.75) is 19.3 Å². The normalized spacial score (nSPS) is 12.9. The van der Waals surface area contributed by atoms with E-state index in [0.29, 0.717) is 26.3 Å². The maximum atomic E-state index is 9.38. The summed E-state index contributed by atoms with van der Waals surface area (Å²) in [7, 11) is 3.19. The van der Waals surface area contributed by atoms with E-state index < -0.39 is 6.10 Å². The molecule has 1 aromatic rings. The van der Waals surface area contributed by atoms with E-state index in [1.807, 2.05) is 12.1 Å². The van der Waals surface area contributed by atoms with Crippen LogP contribution >= 0.6 is 0 Å². The lowest BCUT2D eigenvalue weighted by Gasteiger charge is -2.09. The number of hydrogen-bond acceptors (Lipinski definition) is 5. The Morgan fingerprint density at radius 1 is 1.31 bits per heavy atom. The lowest BCUT2D eigenvalue weighted by Crippen LogP contribution is -2.29. The van der Waals surface area contributed by atoms with Crippen LogP contribution in [-0.2, 0) is 22.6 Å². The topological polar surface area (TPSA) is 63.9 Å². The average molecular weight is 229 g/mol. The Bertz CT molecular complexity index is 287. The van der Waals surface area contributed by atoms with Gasteiger partial charge in [0.05, 0.1) is 19.3 Å². The molecule has 0 aliphatic rings. The molecule has 0 saturated heterocycles. The zero-order valence-electron chi connectivity index (χ0n) is 9.73. The second-order valence-electron chi connectivity index (χ2n) is 3.54. The van der Waals surface area contributed by atoms with Crippen molar-refractivity contribution in [3.63, 3.8) is 0 Å². The lowest BCUT2D eigenvalue weighted by atomic mass is 10.3. The Kier molecular flexibility index (Phi) is 6.10. The molecule has 0 aromatic carbocycles. The molecule has 0 fully saturated rings. The number of nitrogens with one attached hydrogen (secondary N) is 1. The molecule has 1 atom stereocenters. The smallest absolute Gasteiger partial charge is 0.129 e. The highest BCUT2D eigenvalue weighted by Gasteiger charge is 2.04. The number of ether oxygens (including phenoxy) is 2. The van der Waals surface area contributed by atoms with Crippen LogP contribution < -0.4 is 5.32 Å². The van der Waals surface area contributed by atoms with Gasteiger partial charge < -0.3 is 24.3 Å². The van der Waals surface area contributed by atoms with Gasteiger partial charge in [-0.25, -0.2) is 0 Å². The minimum absolute atomic E-state index is 0.333. The van der Waals surface area contributed by atoms with Gasteiger partial charge in [0.1, 0.15) is 18.1 Å². The van der Waals surface area contributed by atoms with E-state index in [9.17, 15) is 5.11 Å². The van der Waals surface area contributed by atoms with Crippen LogP contribution in [-0.4, -0.2) is 38.6 Å². The van der Waals surface area contributed by atoms with Gasteiger partial charge in [-0.1, -0.05) is 0 Å². The van der Waals surface area contributed by atoms with Gasteiger partial charge in [-0.3, -0.25) is 0 Å². The third-order valence-corrected chi connectivity index (χ3v) is 2.04. The van der Waals surface area contributed by atoms with Gasteiger partial charge in [0.2, 0.25) is 0 Å². The van der Waals surface area contributed by atoms with Crippen molar-refractivity contribution in [2.24, 2.45) is 0 Å². The van der Waals surface area contributed by atoms with E-state index in [1.165, 1.54) is 0 Å². The summed E-state index contributed by atoms with van der Waals surface area (Å²) in [6.45, 7) is 1.88. The predicted octanol–water partition coefficient (Wildman–Crippen LogP) is 0.523. The van der Waals surface area contributed by atoms with Gasteiger partial charge in [-0.15, -0.1) is 0 Å². The van der Waals surface area contributed by atoms with Crippen LogP contribution in [0.4, 0.5) is 0 Å². The molecule has 1 heterocycles. The fourth-order valence-corrected chi connectivity index (χ4v) is 1.35. The molecular weight excluding hydrogens is 210 g/mol. The highest BCUT2D eigenvalue weighted by atomic mass is 16.5. The molecule has 0 aliphatic heterocycles. The Morgan fingerprint density at radius 2 is 2.06 bits per heavy atom. The first-order valence-corrected chi connectivity index (χ1v) is 5.20. The summed E-state index contributed by atoms with van der Waals surface area (Å²) in [5.74, 6) is 1.63. The molecule has 5 nitrogen and oxygen atoms in total. The minimum Gasteiger partial charge on any atom is -0.462 e. The van der Waals surface area contributed by atoms with E-state index in [0.717, 1.165) is 11.5 Å². The molecular formula is C11H19NO4. The van der Waals surface area contributed by atoms with Crippen molar-refractivity contribution in [3.8, 4) is 0 Å². The first-order valence-electron chi connectivity index (χ1n) is 5.20. The highest BCUT2D eigenvalue weighted by molar-refractivity contribution is 5.06. The van der Waals surface area contributed by atoms with Gasteiger partial charge >= 0.3 is 0 Å². The molecule has 5 heteroatoms. The van der Waals surface area contributed by atoms with Crippen molar-refractivity contribution in [2.75, 3.05) is 27.4 Å². The third-order valence-electron chi connectivity index (χ3n) is 2.04.